The monoisotopic (exact) mass is 448 g/mol. The lowest BCUT2D eigenvalue weighted by atomic mass is 10.0. The highest BCUT2D eigenvalue weighted by Crippen LogP contribution is 2.26. The second-order valence-corrected chi connectivity index (χ2v) is 7.34. The van der Waals surface area contributed by atoms with Gasteiger partial charge in [-0.25, -0.2) is 4.79 Å². The Morgan fingerprint density at radius 2 is 1.89 bits per heavy atom. The van der Waals surface area contributed by atoms with E-state index in [0.717, 1.165) is 0 Å². The zero-order chi connectivity index (χ0) is 19.8. The van der Waals surface area contributed by atoms with Crippen LogP contribution in [0, 0.1) is 0 Å². The van der Waals surface area contributed by atoms with E-state index in [2.05, 4.69) is 20.9 Å². The number of imide groups is 1. The zero-order valence-corrected chi connectivity index (χ0v) is 15.7. The molecule has 0 unspecified atom stereocenters. The minimum Gasteiger partial charge on any atom is -0.338 e. The van der Waals surface area contributed by atoms with Gasteiger partial charge in [0.1, 0.15) is 13.1 Å². The van der Waals surface area contributed by atoms with E-state index in [4.69, 9.17) is 0 Å². The van der Waals surface area contributed by atoms with Gasteiger partial charge in [-0.2, -0.15) is 13.2 Å². The maximum Gasteiger partial charge on any atom is 0.406 e. The topological polar surface area (TPSA) is 73.8 Å². The quantitative estimate of drug-likeness (QED) is 0.664. The van der Waals surface area contributed by atoms with Crippen LogP contribution in [-0.4, -0.2) is 75.9 Å². The number of carbonyl (C=O) groups excluding carboxylic acids is 3. The number of hydrogen-bond donors (Lipinski definition) is 0. The number of piperidine rings is 1. The molecule has 7 nitrogen and oxygen atoms in total. The first-order valence-electron chi connectivity index (χ1n) is 8.23. The molecular weight excluding hydrogens is 433 g/mol. The SMILES string of the molecule is O=C(c1cncc(Br)c1)N1CCC(N2CC(=O)N(CC(F)(F)F)C2=O)CC1. The smallest absolute Gasteiger partial charge is 0.338 e. The highest BCUT2D eigenvalue weighted by atomic mass is 79.9. The molecule has 0 radical (unpaired) electrons. The molecule has 0 atom stereocenters. The van der Waals surface area contributed by atoms with E-state index in [1.807, 2.05) is 0 Å². The summed E-state index contributed by atoms with van der Waals surface area (Å²) in [7, 11) is 0. The Morgan fingerprint density at radius 3 is 2.48 bits per heavy atom. The molecule has 2 aliphatic heterocycles. The summed E-state index contributed by atoms with van der Waals surface area (Å²) in [6.07, 6.45) is -0.824. The van der Waals surface area contributed by atoms with Crippen LogP contribution in [0.5, 0.6) is 0 Å². The minimum absolute atomic E-state index is 0.204. The fraction of sp³-hybridized carbons (Fsp3) is 0.500. The van der Waals surface area contributed by atoms with Crippen molar-refractivity contribution in [3.8, 4) is 0 Å². The van der Waals surface area contributed by atoms with Gasteiger partial charge >= 0.3 is 12.2 Å². The maximum atomic E-state index is 12.5. The summed E-state index contributed by atoms with van der Waals surface area (Å²) in [5, 5.41) is 0. The highest BCUT2D eigenvalue weighted by molar-refractivity contribution is 9.10. The average Bonchev–Trinajstić information content (AvgIpc) is 2.88. The van der Waals surface area contributed by atoms with Gasteiger partial charge in [-0.3, -0.25) is 19.5 Å². The van der Waals surface area contributed by atoms with Crippen molar-refractivity contribution in [3.05, 3.63) is 28.5 Å². The van der Waals surface area contributed by atoms with E-state index in [1.165, 1.54) is 11.1 Å². The fourth-order valence-electron chi connectivity index (χ4n) is 3.27. The van der Waals surface area contributed by atoms with Gasteiger partial charge in [-0.15, -0.1) is 0 Å². The van der Waals surface area contributed by atoms with Crippen molar-refractivity contribution in [2.75, 3.05) is 26.2 Å². The van der Waals surface area contributed by atoms with E-state index in [1.54, 1.807) is 17.2 Å². The first kappa shape index (κ1) is 19.6. The van der Waals surface area contributed by atoms with Crippen molar-refractivity contribution in [1.29, 1.82) is 0 Å². The molecule has 1 aromatic heterocycles. The van der Waals surface area contributed by atoms with Crippen LogP contribution in [0.4, 0.5) is 18.0 Å². The summed E-state index contributed by atoms with van der Waals surface area (Å²) in [4.78, 5) is 43.5. The second kappa shape index (κ2) is 7.45. The number of hydrogen-bond acceptors (Lipinski definition) is 4. The molecule has 146 valence electrons. The first-order chi connectivity index (χ1) is 12.7. The van der Waals surface area contributed by atoms with Crippen LogP contribution in [0.1, 0.15) is 23.2 Å². The summed E-state index contributed by atoms with van der Waals surface area (Å²) in [5.41, 5.74) is 0.423. The number of rotatable bonds is 3. The Bertz CT molecular complexity index is 766. The van der Waals surface area contributed by atoms with Crippen LogP contribution in [-0.2, 0) is 4.79 Å². The normalized spacial score (nSPS) is 19.2. The molecule has 0 saturated carbocycles. The largest absolute Gasteiger partial charge is 0.406 e. The Morgan fingerprint density at radius 1 is 1.22 bits per heavy atom. The second-order valence-electron chi connectivity index (χ2n) is 6.42. The lowest BCUT2D eigenvalue weighted by molar-refractivity contribution is -0.151. The predicted octanol–water partition coefficient (Wildman–Crippen LogP) is 2.28. The molecule has 2 saturated heterocycles. The van der Waals surface area contributed by atoms with Crippen LogP contribution in [0.2, 0.25) is 0 Å². The van der Waals surface area contributed by atoms with E-state index in [9.17, 15) is 27.6 Å². The van der Waals surface area contributed by atoms with Crippen molar-refractivity contribution < 1.29 is 27.6 Å². The average molecular weight is 449 g/mol. The summed E-state index contributed by atoms with van der Waals surface area (Å²) >= 11 is 3.25. The third-order valence-electron chi connectivity index (χ3n) is 4.56. The van der Waals surface area contributed by atoms with Crippen molar-refractivity contribution in [1.82, 2.24) is 19.7 Å². The van der Waals surface area contributed by atoms with Crippen molar-refractivity contribution in [2.45, 2.75) is 25.1 Å². The van der Waals surface area contributed by atoms with Gasteiger partial charge in [0.05, 0.1) is 5.56 Å². The molecule has 0 bridgehead atoms. The minimum atomic E-state index is -4.63. The predicted molar refractivity (Wildman–Crippen MR) is 90.7 cm³/mol. The number of alkyl halides is 3. The molecule has 3 heterocycles. The van der Waals surface area contributed by atoms with Crippen molar-refractivity contribution in [2.24, 2.45) is 0 Å². The van der Waals surface area contributed by atoms with E-state index >= 15 is 0 Å². The standard InChI is InChI=1S/C16H16BrF3N4O3/c17-11-5-10(6-21-7-11)14(26)22-3-1-12(2-4-22)23-8-13(25)24(15(23)27)9-16(18,19)20/h5-7,12H,1-4,8-9H2. The summed E-state index contributed by atoms with van der Waals surface area (Å²) < 4.78 is 38.3. The Kier molecular flexibility index (Phi) is 5.41. The highest BCUT2D eigenvalue weighted by Gasteiger charge is 2.45. The third kappa shape index (κ3) is 4.40. The van der Waals surface area contributed by atoms with Gasteiger partial charge in [-0.05, 0) is 34.8 Å². The van der Waals surface area contributed by atoms with Gasteiger partial charge in [0, 0.05) is 36.0 Å². The molecule has 2 fully saturated rings. The van der Waals surface area contributed by atoms with E-state index in [-0.39, 0.29) is 23.4 Å². The van der Waals surface area contributed by atoms with Crippen molar-refractivity contribution in [3.63, 3.8) is 0 Å². The molecule has 0 aromatic carbocycles. The van der Waals surface area contributed by atoms with Crippen LogP contribution in [0.15, 0.2) is 22.9 Å². The molecule has 2 aliphatic rings. The number of pyridine rings is 1. The number of likely N-dealkylation sites (tertiary alicyclic amines) is 1. The number of aromatic nitrogens is 1. The lowest BCUT2D eigenvalue weighted by Crippen LogP contribution is -2.48. The maximum absolute atomic E-state index is 12.5. The molecular formula is C16H16BrF3N4O3. The molecule has 4 amide bonds. The summed E-state index contributed by atoms with van der Waals surface area (Å²) in [6.45, 7) is -1.25. The molecule has 27 heavy (non-hydrogen) atoms. The van der Waals surface area contributed by atoms with Crippen LogP contribution in [0.25, 0.3) is 0 Å². The summed E-state index contributed by atoms with van der Waals surface area (Å²) in [6, 6.07) is 0.363. The van der Waals surface area contributed by atoms with Crippen LogP contribution < -0.4 is 0 Å². The van der Waals surface area contributed by atoms with Gasteiger partial charge in [0.2, 0.25) is 0 Å². The van der Waals surface area contributed by atoms with Crippen LogP contribution >= 0.6 is 15.9 Å². The molecule has 11 heteroatoms. The Labute approximate surface area is 161 Å². The Hall–Kier alpha value is -2.17. The molecule has 3 rings (SSSR count). The molecule has 0 aliphatic carbocycles. The third-order valence-corrected chi connectivity index (χ3v) is 5.00. The van der Waals surface area contributed by atoms with Crippen LogP contribution in [0.3, 0.4) is 0 Å². The van der Waals surface area contributed by atoms with Gasteiger partial charge in [-0.1, -0.05) is 0 Å². The first-order valence-corrected chi connectivity index (χ1v) is 9.02. The lowest BCUT2D eigenvalue weighted by Gasteiger charge is -2.36. The van der Waals surface area contributed by atoms with Gasteiger partial charge < -0.3 is 9.80 Å². The van der Waals surface area contributed by atoms with E-state index < -0.39 is 24.7 Å². The number of halogens is 4. The number of nitrogens with zero attached hydrogens (tertiary/aromatic N) is 4. The Balaban J connectivity index is 1.60. The number of carbonyl (C=O) groups is 3. The number of urea groups is 1. The fourth-order valence-corrected chi connectivity index (χ4v) is 3.64. The molecule has 1 aromatic rings. The molecule has 0 spiro atoms. The zero-order valence-electron chi connectivity index (χ0n) is 14.1. The molecule has 0 N–H and O–H groups in total. The summed E-state index contributed by atoms with van der Waals surface area (Å²) in [5.74, 6) is -1.05. The van der Waals surface area contributed by atoms with Gasteiger partial charge in [0.25, 0.3) is 11.8 Å². The number of amides is 4. The van der Waals surface area contributed by atoms with Crippen molar-refractivity contribution >= 4 is 33.8 Å². The van der Waals surface area contributed by atoms with E-state index in [0.29, 0.717) is 36.0 Å². The van der Waals surface area contributed by atoms with Gasteiger partial charge in [0.15, 0.2) is 0 Å².